The van der Waals surface area contributed by atoms with Gasteiger partial charge < -0.3 is 4.74 Å². The average molecular weight is 214 g/mol. The number of carbonyl (C=O) groups excluding carboxylic acids is 1. The Morgan fingerprint density at radius 1 is 1.33 bits per heavy atom. The number of rotatable bonds is 3. The molecule has 0 heterocycles. The maximum atomic E-state index is 13.2. The van der Waals surface area contributed by atoms with Gasteiger partial charge in [-0.05, 0) is 25.0 Å². The normalized spacial score (nSPS) is 10.1. The van der Waals surface area contributed by atoms with Crippen molar-refractivity contribution in [3.8, 4) is 0 Å². The summed E-state index contributed by atoms with van der Waals surface area (Å²) in [6, 6.07) is 1.85. The lowest BCUT2D eigenvalue weighted by Gasteiger charge is -2.05. The molecule has 1 aromatic rings. The highest BCUT2D eigenvalue weighted by molar-refractivity contribution is 5.89. The van der Waals surface area contributed by atoms with E-state index in [0.717, 1.165) is 6.07 Å². The minimum Gasteiger partial charge on any atom is -0.462 e. The van der Waals surface area contributed by atoms with E-state index in [4.69, 9.17) is 4.74 Å². The topological polar surface area (TPSA) is 26.3 Å². The molecule has 0 aliphatic carbocycles. The Morgan fingerprint density at radius 2 is 2.00 bits per heavy atom. The number of ether oxygens (including phenoxy) is 1. The highest BCUT2D eigenvalue weighted by Crippen LogP contribution is 2.15. The molecule has 15 heavy (non-hydrogen) atoms. The van der Waals surface area contributed by atoms with Crippen molar-refractivity contribution in [1.29, 1.82) is 0 Å². The Balaban J connectivity index is 2.94. The number of halogens is 2. The van der Waals surface area contributed by atoms with Gasteiger partial charge in [0.15, 0.2) is 0 Å². The second kappa shape index (κ2) is 4.87. The predicted molar refractivity (Wildman–Crippen MR) is 51.7 cm³/mol. The van der Waals surface area contributed by atoms with E-state index in [2.05, 4.69) is 0 Å². The first-order chi connectivity index (χ1) is 7.06. The Kier molecular flexibility index (Phi) is 3.77. The van der Waals surface area contributed by atoms with Gasteiger partial charge in [0.25, 0.3) is 0 Å². The molecule has 0 unspecified atom stereocenters. The molecule has 0 saturated carbocycles. The molecule has 0 aliphatic rings. The van der Waals surface area contributed by atoms with Gasteiger partial charge >= 0.3 is 5.97 Å². The molecule has 0 aromatic heterocycles. The molecule has 1 aromatic carbocycles. The van der Waals surface area contributed by atoms with E-state index in [1.807, 2.05) is 6.92 Å². The first-order valence-electron chi connectivity index (χ1n) is 4.69. The van der Waals surface area contributed by atoms with Gasteiger partial charge in [-0.25, -0.2) is 13.6 Å². The number of aryl methyl sites for hydroxylation is 1. The van der Waals surface area contributed by atoms with Crippen LogP contribution in [0.15, 0.2) is 12.1 Å². The number of carbonyl (C=O) groups is 1. The summed E-state index contributed by atoms with van der Waals surface area (Å²) in [5, 5.41) is 0. The molecule has 0 fully saturated rings. The molecule has 0 saturated heterocycles. The Bertz CT molecular complexity index is 375. The second-order valence-corrected chi connectivity index (χ2v) is 3.22. The van der Waals surface area contributed by atoms with Gasteiger partial charge in [0.1, 0.15) is 11.6 Å². The van der Waals surface area contributed by atoms with Gasteiger partial charge in [0, 0.05) is 6.07 Å². The third-order valence-electron chi connectivity index (χ3n) is 1.91. The maximum Gasteiger partial charge on any atom is 0.341 e. The monoisotopic (exact) mass is 214 g/mol. The van der Waals surface area contributed by atoms with Crippen LogP contribution < -0.4 is 0 Å². The van der Waals surface area contributed by atoms with Crippen molar-refractivity contribution in [3.05, 3.63) is 34.9 Å². The number of hydrogen-bond acceptors (Lipinski definition) is 2. The second-order valence-electron chi connectivity index (χ2n) is 3.22. The van der Waals surface area contributed by atoms with Crippen molar-refractivity contribution >= 4 is 5.97 Å². The molecular formula is C11H12F2O2. The summed E-state index contributed by atoms with van der Waals surface area (Å²) in [5.74, 6) is -2.31. The van der Waals surface area contributed by atoms with Crippen LogP contribution in [-0.4, -0.2) is 12.6 Å². The first-order valence-corrected chi connectivity index (χ1v) is 4.69. The largest absolute Gasteiger partial charge is 0.462 e. The lowest BCUT2D eigenvalue weighted by Crippen LogP contribution is -2.09. The van der Waals surface area contributed by atoms with Crippen LogP contribution in [0.3, 0.4) is 0 Å². The zero-order chi connectivity index (χ0) is 11.4. The van der Waals surface area contributed by atoms with Crippen LogP contribution in [0.2, 0.25) is 0 Å². The third-order valence-corrected chi connectivity index (χ3v) is 1.91. The van der Waals surface area contributed by atoms with Gasteiger partial charge in [-0.2, -0.15) is 0 Å². The van der Waals surface area contributed by atoms with E-state index < -0.39 is 17.6 Å². The fourth-order valence-electron chi connectivity index (χ4n) is 1.09. The molecular weight excluding hydrogens is 202 g/mol. The zero-order valence-corrected chi connectivity index (χ0v) is 8.64. The zero-order valence-electron chi connectivity index (χ0n) is 8.64. The first kappa shape index (κ1) is 11.6. The molecule has 82 valence electrons. The van der Waals surface area contributed by atoms with Crippen molar-refractivity contribution in [2.45, 2.75) is 20.3 Å². The summed E-state index contributed by atoms with van der Waals surface area (Å²) in [4.78, 5) is 11.3. The van der Waals surface area contributed by atoms with Crippen molar-refractivity contribution in [3.63, 3.8) is 0 Å². The molecule has 0 N–H and O–H groups in total. The Morgan fingerprint density at radius 3 is 2.60 bits per heavy atom. The summed E-state index contributed by atoms with van der Waals surface area (Å²) in [6.45, 7) is 3.53. The molecule has 0 atom stereocenters. The van der Waals surface area contributed by atoms with Crippen LogP contribution >= 0.6 is 0 Å². The molecule has 0 radical (unpaired) electrons. The fraction of sp³-hybridized carbons (Fsp3) is 0.364. The van der Waals surface area contributed by atoms with Crippen molar-refractivity contribution in [2.24, 2.45) is 0 Å². The van der Waals surface area contributed by atoms with E-state index in [9.17, 15) is 13.6 Å². The minimum absolute atomic E-state index is 0.220. The maximum absolute atomic E-state index is 13.2. The summed E-state index contributed by atoms with van der Waals surface area (Å²) in [6.07, 6.45) is 0.660. The van der Waals surface area contributed by atoms with Crippen LogP contribution in [0.5, 0.6) is 0 Å². The van der Waals surface area contributed by atoms with Crippen LogP contribution in [0.1, 0.15) is 29.3 Å². The van der Waals surface area contributed by atoms with E-state index >= 15 is 0 Å². The average Bonchev–Trinajstić information content (AvgIpc) is 2.20. The van der Waals surface area contributed by atoms with Gasteiger partial charge in [-0.1, -0.05) is 6.92 Å². The molecule has 0 aliphatic heterocycles. The molecule has 0 spiro atoms. The number of esters is 1. The summed E-state index contributed by atoms with van der Waals surface area (Å²) < 4.78 is 30.8. The Hall–Kier alpha value is -1.45. The Labute approximate surface area is 86.9 Å². The van der Waals surface area contributed by atoms with Gasteiger partial charge in [-0.3, -0.25) is 0 Å². The van der Waals surface area contributed by atoms with Gasteiger partial charge in [0.05, 0.1) is 12.2 Å². The van der Waals surface area contributed by atoms with E-state index in [0.29, 0.717) is 12.5 Å². The van der Waals surface area contributed by atoms with Crippen molar-refractivity contribution in [1.82, 2.24) is 0 Å². The van der Waals surface area contributed by atoms with E-state index in [1.54, 1.807) is 0 Å². The smallest absolute Gasteiger partial charge is 0.341 e. The van der Waals surface area contributed by atoms with Gasteiger partial charge in [0.2, 0.25) is 0 Å². The summed E-state index contributed by atoms with van der Waals surface area (Å²) >= 11 is 0. The summed E-state index contributed by atoms with van der Waals surface area (Å²) in [7, 11) is 0. The van der Waals surface area contributed by atoms with Crippen molar-refractivity contribution in [2.75, 3.05) is 6.61 Å². The van der Waals surface area contributed by atoms with Crippen LogP contribution in [-0.2, 0) is 4.74 Å². The highest BCUT2D eigenvalue weighted by atomic mass is 19.1. The van der Waals surface area contributed by atoms with Crippen LogP contribution in [0, 0.1) is 18.6 Å². The lowest BCUT2D eigenvalue weighted by molar-refractivity contribution is 0.0499. The quantitative estimate of drug-likeness (QED) is 0.723. The molecule has 0 amide bonds. The van der Waals surface area contributed by atoms with E-state index in [1.165, 1.54) is 6.92 Å². The minimum atomic E-state index is -0.890. The molecule has 1 rings (SSSR count). The number of benzene rings is 1. The number of hydrogen-bond donors (Lipinski definition) is 0. The van der Waals surface area contributed by atoms with Gasteiger partial charge in [-0.15, -0.1) is 0 Å². The van der Waals surface area contributed by atoms with Crippen molar-refractivity contribution < 1.29 is 18.3 Å². The van der Waals surface area contributed by atoms with Crippen LogP contribution in [0.25, 0.3) is 0 Å². The molecule has 4 heteroatoms. The fourth-order valence-corrected chi connectivity index (χ4v) is 1.09. The SMILES string of the molecule is CCCOC(=O)c1cc(C)c(F)cc1F. The standard InChI is InChI=1S/C11H12F2O2/c1-3-4-15-11(14)8-5-7(2)9(12)6-10(8)13/h5-6H,3-4H2,1-2H3. The van der Waals surface area contributed by atoms with Crippen LogP contribution in [0.4, 0.5) is 8.78 Å². The predicted octanol–water partition coefficient (Wildman–Crippen LogP) is 2.84. The molecule has 2 nitrogen and oxygen atoms in total. The summed E-state index contributed by atoms with van der Waals surface area (Å²) in [5.41, 5.74) is 0.00204. The highest BCUT2D eigenvalue weighted by Gasteiger charge is 2.15. The van der Waals surface area contributed by atoms with E-state index in [-0.39, 0.29) is 17.7 Å². The lowest BCUT2D eigenvalue weighted by atomic mass is 10.1. The third kappa shape index (κ3) is 2.75. The molecule has 0 bridgehead atoms.